The molecule has 4 aromatic carbocycles. The molecule has 4 heterocycles. The first-order valence-corrected chi connectivity index (χ1v) is 14.2. The molecule has 4 aromatic heterocycles. The van der Waals surface area contributed by atoms with E-state index in [1.54, 1.807) is 12.5 Å². The molecule has 0 saturated carbocycles. The van der Waals surface area contributed by atoms with Crippen molar-refractivity contribution in [3.05, 3.63) is 122 Å². The van der Waals surface area contributed by atoms with Crippen LogP contribution in [0.5, 0.6) is 0 Å². The van der Waals surface area contributed by atoms with Crippen LogP contribution in [0.4, 0.5) is 0 Å². The van der Waals surface area contributed by atoms with Gasteiger partial charge in [0, 0.05) is 10.8 Å². The minimum absolute atomic E-state index is 0.556. The van der Waals surface area contributed by atoms with Gasteiger partial charge in [-0.1, -0.05) is 72.8 Å². The number of rotatable bonds is 4. The van der Waals surface area contributed by atoms with Gasteiger partial charge in [0.25, 0.3) is 11.6 Å². The second kappa shape index (κ2) is 7.63. The summed E-state index contributed by atoms with van der Waals surface area (Å²) in [5.41, 5.74) is 1.65. The molecule has 0 radical (unpaired) electrons. The molecule has 0 unspecified atom stereocenters. The Hall–Kier alpha value is -4.74. The van der Waals surface area contributed by atoms with E-state index in [1.807, 2.05) is 12.1 Å². The summed E-state index contributed by atoms with van der Waals surface area (Å²) in [6, 6.07) is 38.9. The summed E-state index contributed by atoms with van der Waals surface area (Å²) in [6.45, 7) is 0. The molecule has 0 aliphatic rings. The summed E-state index contributed by atoms with van der Waals surface area (Å²) in [5.74, 6) is 1.11. The van der Waals surface area contributed by atoms with Crippen LogP contribution in [0.2, 0.25) is 0 Å². The van der Waals surface area contributed by atoms with E-state index in [-0.39, 0.29) is 0 Å². The van der Waals surface area contributed by atoms with Crippen molar-refractivity contribution in [3.63, 3.8) is 0 Å². The lowest BCUT2D eigenvalue weighted by Crippen LogP contribution is -2.74. The van der Waals surface area contributed by atoms with E-state index in [0.717, 1.165) is 32.7 Å². The monoisotopic (exact) mass is 496 g/mol. The van der Waals surface area contributed by atoms with Gasteiger partial charge < -0.3 is 17.7 Å². The predicted molar refractivity (Wildman–Crippen MR) is 149 cm³/mol. The predicted octanol–water partition coefficient (Wildman–Crippen LogP) is 6.05. The molecule has 0 saturated heterocycles. The van der Waals surface area contributed by atoms with Crippen LogP contribution in [-0.4, -0.2) is 8.07 Å². The molecule has 0 bridgehead atoms. The van der Waals surface area contributed by atoms with Crippen LogP contribution >= 0.6 is 0 Å². The van der Waals surface area contributed by atoms with Crippen molar-refractivity contribution >= 4 is 73.1 Å². The molecule has 0 spiro atoms. The number of benzene rings is 4. The smallest absolute Gasteiger partial charge is 0.298 e. The fourth-order valence-electron chi connectivity index (χ4n) is 5.85. The van der Waals surface area contributed by atoms with Crippen LogP contribution in [0.25, 0.3) is 44.3 Å². The zero-order valence-corrected chi connectivity index (χ0v) is 20.7. The van der Waals surface area contributed by atoms with Crippen molar-refractivity contribution in [2.75, 3.05) is 0 Å². The standard InChI is InChI=1S/C32H20O4Si/c1-3-7-21(8-4-1)37(22-9-5-2-6-10-22,23-11-13-29-27(19-23)25-15-17-33-31(25)35-29)24-12-14-30-28(20-24)26-16-18-34-32(26)36-30/h1-20H. The maximum atomic E-state index is 5.99. The number of hydrogen-bond donors (Lipinski definition) is 0. The Morgan fingerprint density at radius 2 is 0.865 bits per heavy atom. The largest absolute Gasteiger partial charge is 0.433 e. The van der Waals surface area contributed by atoms with Crippen LogP contribution < -0.4 is 20.7 Å². The topological polar surface area (TPSA) is 52.6 Å². The van der Waals surface area contributed by atoms with Gasteiger partial charge in [-0.25, -0.2) is 0 Å². The Labute approximate surface area is 212 Å². The van der Waals surface area contributed by atoms with Gasteiger partial charge in [0.1, 0.15) is 11.2 Å². The van der Waals surface area contributed by atoms with E-state index in [0.29, 0.717) is 11.6 Å². The third-order valence-electron chi connectivity index (χ3n) is 7.48. The van der Waals surface area contributed by atoms with Gasteiger partial charge >= 0.3 is 0 Å². The summed E-state index contributed by atoms with van der Waals surface area (Å²) >= 11 is 0. The Bertz CT molecular complexity index is 1890. The Morgan fingerprint density at radius 3 is 1.32 bits per heavy atom. The minimum atomic E-state index is -2.76. The quantitative estimate of drug-likeness (QED) is 0.220. The summed E-state index contributed by atoms with van der Waals surface area (Å²) in [6.07, 6.45) is 3.37. The highest BCUT2D eigenvalue weighted by Crippen LogP contribution is 2.31. The maximum Gasteiger partial charge on any atom is 0.298 e. The summed E-state index contributed by atoms with van der Waals surface area (Å²) < 4.78 is 23.1. The van der Waals surface area contributed by atoms with Gasteiger partial charge in [-0.2, -0.15) is 0 Å². The van der Waals surface area contributed by atoms with E-state index in [9.17, 15) is 0 Å². The van der Waals surface area contributed by atoms with E-state index >= 15 is 0 Å². The lowest BCUT2D eigenvalue weighted by molar-refractivity contribution is 0.498. The number of furan rings is 4. The average molecular weight is 497 g/mol. The molecule has 8 aromatic rings. The van der Waals surface area contributed by atoms with Gasteiger partial charge in [0.2, 0.25) is 0 Å². The van der Waals surface area contributed by atoms with Crippen molar-refractivity contribution in [2.45, 2.75) is 0 Å². The highest BCUT2D eigenvalue weighted by atomic mass is 28.3. The fraction of sp³-hybridized carbons (Fsp3) is 0. The molecule has 0 amide bonds. The van der Waals surface area contributed by atoms with Crippen molar-refractivity contribution in [1.29, 1.82) is 0 Å². The molecule has 4 nitrogen and oxygen atoms in total. The van der Waals surface area contributed by atoms with Crippen molar-refractivity contribution in [1.82, 2.24) is 0 Å². The molecule has 176 valence electrons. The first kappa shape index (κ1) is 20.4. The Morgan fingerprint density at radius 1 is 0.405 bits per heavy atom. The Balaban J connectivity index is 1.53. The first-order valence-electron chi connectivity index (χ1n) is 12.2. The van der Waals surface area contributed by atoms with E-state index in [2.05, 4.69) is 97.1 Å². The second-order valence-electron chi connectivity index (χ2n) is 9.35. The molecule has 0 N–H and O–H groups in total. The zero-order valence-electron chi connectivity index (χ0n) is 19.7. The summed E-state index contributed by atoms with van der Waals surface area (Å²) in [4.78, 5) is 0. The lowest BCUT2D eigenvalue weighted by atomic mass is 10.2. The second-order valence-corrected chi connectivity index (χ2v) is 13.2. The molecule has 5 heteroatoms. The molecule has 0 atom stereocenters. The van der Waals surface area contributed by atoms with Crippen LogP contribution in [0, 0.1) is 0 Å². The van der Waals surface area contributed by atoms with Crippen molar-refractivity contribution < 1.29 is 17.7 Å². The molecule has 0 aliphatic carbocycles. The number of hydrogen-bond acceptors (Lipinski definition) is 4. The molecule has 0 aliphatic heterocycles. The van der Waals surface area contributed by atoms with Gasteiger partial charge in [0.05, 0.1) is 23.3 Å². The van der Waals surface area contributed by atoms with E-state index in [4.69, 9.17) is 17.7 Å². The highest BCUT2D eigenvalue weighted by Gasteiger charge is 2.42. The van der Waals surface area contributed by atoms with Gasteiger partial charge in [-0.15, -0.1) is 0 Å². The van der Waals surface area contributed by atoms with Crippen LogP contribution in [0.1, 0.15) is 0 Å². The van der Waals surface area contributed by atoms with Crippen molar-refractivity contribution in [3.8, 4) is 0 Å². The normalized spacial score (nSPS) is 12.3. The molecule has 0 fully saturated rings. The van der Waals surface area contributed by atoms with Gasteiger partial charge in [-0.05, 0) is 57.1 Å². The number of fused-ring (bicyclic) bond motifs is 6. The van der Waals surface area contributed by atoms with Crippen LogP contribution in [0.15, 0.2) is 139 Å². The lowest BCUT2D eigenvalue weighted by Gasteiger charge is -2.34. The molecular weight excluding hydrogens is 476 g/mol. The summed E-state index contributed by atoms with van der Waals surface area (Å²) in [7, 11) is -2.76. The van der Waals surface area contributed by atoms with Gasteiger partial charge in [-0.3, -0.25) is 0 Å². The van der Waals surface area contributed by atoms with Crippen LogP contribution in [-0.2, 0) is 0 Å². The maximum absolute atomic E-state index is 5.99. The zero-order chi connectivity index (χ0) is 24.4. The molecular formula is C32H20O4Si. The third-order valence-corrected chi connectivity index (χ3v) is 12.2. The molecule has 8 rings (SSSR count). The molecule has 37 heavy (non-hydrogen) atoms. The fourth-order valence-corrected chi connectivity index (χ4v) is 10.6. The SMILES string of the molecule is c1ccc([Si](c2ccccc2)(c2ccc3oc4occc4c3c2)c2ccc3oc4occc4c3c2)cc1. The van der Waals surface area contributed by atoms with Crippen LogP contribution in [0.3, 0.4) is 0 Å². The Kier molecular flexibility index (Phi) is 4.21. The van der Waals surface area contributed by atoms with E-state index < -0.39 is 8.07 Å². The van der Waals surface area contributed by atoms with Gasteiger partial charge in [0.15, 0.2) is 8.07 Å². The highest BCUT2D eigenvalue weighted by molar-refractivity contribution is 7.20. The van der Waals surface area contributed by atoms with Crippen molar-refractivity contribution in [2.24, 2.45) is 0 Å². The minimum Gasteiger partial charge on any atom is -0.433 e. The third kappa shape index (κ3) is 2.83. The average Bonchev–Trinajstić information content (AvgIpc) is 3.72. The first-order chi connectivity index (χ1) is 18.3. The summed E-state index contributed by atoms with van der Waals surface area (Å²) in [5, 5.41) is 9.26. The van der Waals surface area contributed by atoms with E-state index in [1.165, 1.54) is 20.7 Å².